The maximum absolute atomic E-state index is 13.8. The molecule has 4 aliphatic carbocycles. The smallest absolute Gasteiger partial charge is 0.302 e. The molecule has 31 heavy (non-hydrogen) atoms. The molecule has 1 heterocycles. The first-order chi connectivity index (χ1) is 14.6. The van der Waals surface area contributed by atoms with Crippen LogP contribution in [0.1, 0.15) is 72.6 Å². The Balaban J connectivity index is 1.53. The number of esters is 1. The number of ketones is 2. The van der Waals surface area contributed by atoms with E-state index in [1.54, 1.807) is 6.92 Å². The van der Waals surface area contributed by atoms with E-state index in [1.165, 1.54) is 6.92 Å². The van der Waals surface area contributed by atoms with Crippen LogP contribution in [0.15, 0.2) is 0 Å². The standard InChI is InChI=1S/C25H36O6/c1-14(26)18-7-8-19-17-6-5-16-11-25(29-9-10-30-25)13-21(28)24(16,4)22(17)20(31-15(2)27)12-23(18,19)3/h16-20,22H,5-13H2,1-4H3/t16-,17+,18+,19-,20-,22+,23-,24+/m1/s1. The van der Waals surface area contributed by atoms with Crippen LogP contribution >= 0.6 is 0 Å². The molecule has 0 aromatic carbocycles. The molecule has 0 aromatic rings. The van der Waals surface area contributed by atoms with Crippen molar-refractivity contribution in [3.05, 3.63) is 0 Å². The first-order valence-corrected chi connectivity index (χ1v) is 12.1. The van der Waals surface area contributed by atoms with Gasteiger partial charge in [0.15, 0.2) is 5.79 Å². The van der Waals surface area contributed by atoms with Crippen molar-refractivity contribution in [2.45, 2.75) is 84.5 Å². The number of fused-ring (bicyclic) bond motifs is 5. The topological polar surface area (TPSA) is 78.9 Å². The van der Waals surface area contributed by atoms with Gasteiger partial charge >= 0.3 is 5.97 Å². The Kier molecular flexibility index (Phi) is 4.95. The molecule has 1 saturated heterocycles. The van der Waals surface area contributed by atoms with Gasteiger partial charge in [-0.25, -0.2) is 0 Å². The maximum atomic E-state index is 13.8. The Bertz CT molecular complexity index is 800. The molecule has 1 spiro atoms. The van der Waals surface area contributed by atoms with Crippen LogP contribution in [0.5, 0.6) is 0 Å². The zero-order chi connectivity index (χ0) is 22.2. The molecular formula is C25H36O6. The van der Waals surface area contributed by atoms with E-state index in [0.717, 1.165) is 32.1 Å². The molecule has 1 aliphatic heterocycles. The van der Waals surface area contributed by atoms with Gasteiger partial charge in [-0.15, -0.1) is 0 Å². The minimum Gasteiger partial charge on any atom is -0.462 e. The summed E-state index contributed by atoms with van der Waals surface area (Å²) in [5, 5.41) is 0. The van der Waals surface area contributed by atoms with E-state index in [4.69, 9.17) is 14.2 Å². The molecule has 5 aliphatic rings. The largest absolute Gasteiger partial charge is 0.462 e. The second-order valence-corrected chi connectivity index (χ2v) is 11.4. The molecule has 8 atom stereocenters. The second-order valence-electron chi connectivity index (χ2n) is 11.4. The molecule has 172 valence electrons. The van der Waals surface area contributed by atoms with Gasteiger partial charge in [-0.3, -0.25) is 14.4 Å². The summed E-state index contributed by atoms with van der Waals surface area (Å²) in [6, 6.07) is 0. The molecular weight excluding hydrogens is 396 g/mol. The SMILES string of the molecule is CC(=O)O[C@@H]1C[C@@]2(C)[C@H](CC[C@H]2C(C)=O)[C@@H]2CC[C@@H]3CC4(CC(=O)[C@@]3(C)[C@@H]21)OCCO4. The number of carbonyl (C=O) groups excluding carboxylic acids is 3. The van der Waals surface area contributed by atoms with Crippen LogP contribution in [0.4, 0.5) is 0 Å². The van der Waals surface area contributed by atoms with Crippen molar-refractivity contribution >= 4 is 17.5 Å². The van der Waals surface area contributed by atoms with Gasteiger partial charge < -0.3 is 14.2 Å². The molecule has 0 bridgehead atoms. The van der Waals surface area contributed by atoms with Crippen molar-refractivity contribution in [2.24, 2.45) is 40.4 Å². The van der Waals surface area contributed by atoms with E-state index in [1.807, 2.05) is 0 Å². The molecule has 5 rings (SSSR count). The molecule has 6 heteroatoms. The highest BCUT2D eigenvalue weighted by Gasteiger charge is 2.68. The Morgan fingerprint density at radius 3 is 2.35 bits per heavy atom. The van der Waals surface area contributed by atoms with Crippen LogP contribution in [-0.4, -0.2) is 42.6 Å². The number of ether oxygens (including phenoxy) is 3. The van der Waals surface area contributed by atoms with Crippen molar-refractivity contribution < 1.29 is 28.6 Å². The molecule has 4 saturated carbocycles. The van der Waals surface area contributed by atoms with Crippen LogP contribution in [0.3, 0.4) is 0 Å². The van der Waals surface area contributed by atoms with Gasteiger partial charge in [0.1, 0.15) is 17.7 Å². The van der Waals surface area contributed by atoms with Gasteiger partial charge in [-0.2, -0.15) is 0 Å². The van der Waals surface area contributed by atoms with E-state index in [0.29, 0.717) is 31.5 Å². The van der Waals surface area contributed by atoms with Crippen LogP contribution in [0, 0.1) is 40.4 Å². The Hall–Kier alpha value is -1.27. The number of hydrogen-bond acceptors (Lipinski definition) is 6. The van der Waals surface area contributed by atoms with Gasteiger partial charge in [0.05, 0.1) is 19.6 Å². The van der Waals surface area contributed by atoms with Gasteiger partial charge in [0, 0.05) is 30.6 Å². The summed E-state index contributed by atoms with van der Waals surface area (Å²) in [6.07, 6.45) is 5.29. The van der Waals surface area contributed by atoms with Crippen molar-refractivity contribution in [3.8, 4) is 0 Å². The number of rotatable bonds is 2. The summed E-state index contributed by atoms with van der Waals surface area (Å²) < 4.78 is 17.8. The average molecular weight is 433 g/mol. The van der Waals surface area contributed by atoms with Crippen molar-refractivity contribution in [2.75, 3.05) is 13.2 Å². The predicted molar refractivity (Wildman–Crippen MR) is 112 cm³/mol. The van der Waals surface area contributed by atoms with Crippen LogP contribution in [0.25, 0.3) is 0 Å². The second kappa shape index (κ2) is 7.11. The van der Waals surface area contributed by atoms with E-state index in [-0.39, 0.29) is 53.2 Å². The molecule has 6 nitrogen and oxygen atoms in total. The lowest BCUT2D eigenvalue weighted by molar-refractivity contribution is -0.234. The normalized spacial score (nSPS) is 48.1. The first kappa shape index (κ1) is 21.6. The summed E-state index contributed by atoms with van der Waals surface area (Å²) in [6.45, 7) is 8.61. The van der Waals surface area contributed by atoms with Crippen molar-refractivity contribution in [1.29, 1.82) is 0 Å². The molecule has 0 amide bonds. The Labute approximate surface area is 184 Å². The van der Waals surface area contributed by atoms with Crippen LogP contribution in [-0.2, 0) is 28.6 Å². The van der Waals surface area contributed by atoms with Crippen molar-refractivity contribution in [3.63, 3.8) is 0 Å². The minimum atomic E-state index is -0.749. The summed E-state index contributed by atoms with van der Waals surface area (Å²) in [5.74, 6) is 0.296. The van der Waals surface area contributed by atoms with Crippen LogP contribution in [0.2, 0.25) is 0 Å². The third kappa shape index (κ3) is 3.00. The lowest BCUT2D eigenvalue weighted by Crippen LogP contribution is -2.64. The zero-order valence-electron chi connectivity index (χ0n) is 19.3. The lowest BCUT2D eigenvalue weighted by Gasteiger charge is -2.62. The Morgan fingerprint density at radius 2 is 1.71 bits per heavy atom. The van der Waals surface area contributed by atoms with E-state index in [2.05, 4.69) is 13.8 Å². The summed E-state index contributed by atoms with van der Waals surface area (Å²) in [7, 11) is 0. The average Bonchev–Trinajstić information content (AvgIpc) is 3.26. The van der Waals surface area contributed by atoms with Gasteiger partial charge in [-0.05, 0) is 62.2 Å². The highest BCUT2D eigenvalue weighted by molar-refractivity contribution is 5.87. The lowest BCUT2D eigenvalue weighted by atomic mass is 9.43. The van der Waals surface area contributed by atoms with Gasteiger partial charge in [-0.1, -0.05) is 13.8 Å². The molecule has 5 fully saturated rings. The quantitative estimate of drug-likeness (QED) is 0.619. The highest BCUT2D eigenvalue weighted by Crippen LogP contribution is 2.68. The molecule has 0 N–H and O–H groups in total. The number of carbonyl (C=O) groups is 3. The Morgan fingerprint density at radius 1 is 1.00 bits per heavy atom. The first-order valence-electron chi connectivity index (χ1n) is 12.1. The predicted octanol–water partition coefficient (Wildman–Crippen LogP) is 3.70. The van der Waals surface area contributed by atoms with Crippen LogP contribution < -0.4 is 0 Å². The van der Waals surface area contributed by atoms with E-state index >= 15 is 0 Å². The number of hydrogen-bond donors (Lipinski definition) is 0. The minimum absolute atomic E-state index is 0.00480. The summed E-state index contributed by atoms with van der Waals surface area (Å²) >= 11 is 0. The van der Waals surface area contributed by atoms with Gasteiger partial charge in [0.2, 0.25) is 0 Å². The zero-order valence-corrected chi connectivity index (χ0v) is 19.3. The maximum Gasteiger partial charge on any atom is 0.302 e. The fourth-order valence-electron chi connectivity index (χ4n) is 8.85. The van der Waals surface area contributed by atoms with Crippen molar-refractivity contribution in [1.82, 2.24) is 0 Å². The molecule has 0 aromatic heterocycles. The van der Waals surface area contributed by atoms with E-state index < -0.39 is 11.2 Å². The number of Topliss-reactive ketones (excluding diaryl/α,β-unsaturated/α-hetero) is 2. The third-order valence-electron chi connectivity index (χ3n) is 10.0. The monoisotopic (exact) mass is 432 g/mol. The summed E-state index contributed by atoms with van der Waals surface area (Å²) in [5.41, 5.74) is -0.702. The van der Waals surface area contributed by atoms with Gasteiger partial charge in [0.25, 0.3) is 0 Å². The highest BCUT2D eigenvalue weighted by atomic mass is 16.7. The van der Waals surface area contributed by atoms with E-state index in [9.17, 15) is 14.4 Å². The third-order valence-corrected chi connectivity index (χ3v) is 10.0. The molecule has 0 radical (unpaired) electrons. The summed E-state index contributed by atoms with van der Waals surface area (Å²) in [4.78, 5) is 38.4. The fraction of sp³-hybridized carbons (Fsp3) is 0.880. The molecule has 0 unspecified atom stereocenters. The fourth-order valence-corrected chi connectivity index (χ4v) is 8.85.